The Morgan fingerprint density at radius 2 is 1.54 bits per heavy atom. The highest BCUT2D eigenvalue weighted by Crippen LogP contribution is 2.37. The molecule has 2 atom stereocenters. The van der Waals surface area contributed by atoms with Crippen LogP contribution in [-0.2, 0) is 18.8 Å². The first-order chi connectivity index (χ1) is 23.9. The predicted octanol–water partition coefficient (Wildman–Crippen LogP) is 3.18. The van der Waals surface area contributed by atoms with Crippen LogP contribution in [0, 0.1) is 0 Å². The maximum absolute atomic E-state index is 13.6. The molecule has 0 fully saturated rings. The Kier molecular flexibility index (Phi) is 12.8. The van der Waals surface area contributed by atoms with E-state index in [4.69, 9.17) is 14.9 Å². The SMILES string of the molecule is C=CCOC(=O)Nc1ccc(-c2nc(C(=O)N[C@@H](CO[Si](c3ccccc3)(c3ccccc3)C(C)(C)C)C(=O)N[C@@H](CO)C(N)=O)cs2)cc1. The Balaban J connectivity index is 1.61. The molecule has 14 heteroatoms. The van der Waals surface area contributed by atoms with E-state index >= 15 is 0 Å². The number of rotatable bonds is 15. The first kappa shape index (κ1) is 37.7. The van der Waals surface area contributed by atoms with Gasteiger partial charge in [0.2, 0.25) is 11.8 Å². The van der Waals surface area contributed by atoms with Gasteiger partial charge in [0.25, 0.3) is 14.2 Å². The smallest absolute Gasteiger partial charge is 0.411 e. The lowest BCUT2D eigenvalue weighted by atomic mass is 10.2. The molecule has 0 spiro atoms. The first-order valence-electron chi connectivity index (χ1n) is 15.8. The van der Waals surface area contributed by atoms with Crippen LogP contribution in [0.4, 0.5) is 10.5 Å². The number of thiazole rings is 1. The van der Waals surface area contributed by atoms with Gasteiger partial charge in [-0.2, -0.15) is 0 Å². The van der Waals surface area contributed by atoms with Crippen molar-refractivity contribution in [3.63, 3.8) is 0 Å². The molecule has 0 aliphatic carbocycles. The lowest BCUT2D eigenvalue weighted by Gasteiger charge is -2.43. The van der Waals surface area contributed by atoms with Gasteiger partial charge in [-0.1, -0.05) is 94.1 Å². The Labute approximate surface area is 295 Å². The third kappa shape index (κ3) is 9.09. The number of aromatic nitrogens is 1. The molecular weight excluding hydrogens is 675 g/mol. The third-order valence-corrected chi connectivity index (χ3v) is 13.7. The van der Waals surface area contributed by atoms with Crippen molar-refractivity contribution in [2.24, 2.45) is 5.73 Å². The summed E-state index contributed by atoms with van der Waals surface area (Å²) in [5.41, 5.74) is 6.63. The summed E-state index contributed by atoms with van der Waals surface area (Å²) in [6.45, 7) is 8.83. The van der Waals surface area contributed by atoms with E-state index in [1.54, 1.807) is 29.6 Å². The molecule has 1 aromatic heterocycles. The zero-order valence-corrected chi connectivity index (χ0v) is 29.9. The van der Waals surface area contributed by atoms with Gasteiger partial charge in [-0.05, 0) is 39.7 Å². The molecule has 4 rings (SSSR count). The number of aliphatic hydroxyl groups is 1. The van der Waals surface area contributed by atoms with Gasteiger partial charge in [0.1, 0.15) is 29.4 Å². The number of nitrogens with two attached hydrogens (primary N) is 1. The minimum absolute atomic E-state index is 0.0528. The fraction of sp³-hybridized carbons (Fsp3) is 0.250. The van der Waals surface area contributed by atoms with Crippen LogP contribution in [0.3, 0.4) is 0 Å². The van der Waals surface area contributed by atoms with Gasteiger partial charge in [0.15, 0.2) is 0 Å². The molecule has 1 heterocycles. The molecule has 6 N–H and O–H groups in total. The van der Waals surface area contributed by atoms with E-state index in [1.807, 2.05) is 60.7 Å². The largest absolute Gasteiger partial charge is 0.445 e. The monoisotopic (exact) mass is 715 g/mol. The number of carbonyl (C=O) groups excluding carboxylic acids is 4. The maximum atomic E-state index is 13.6. The van der Waals surface area contributed by atoms with Crippen molar-refractivity contribution in [2.45, 2.75) is 37.9 Å². The third-order valence-electron chi connectivity index (χ3n) is 7.79. The number of hydrogen-bond acceptors (Lipinski definition) is 9. The summed E-state index contributed by atoms with van der Waals surface area (Å²) in [4.78, 5) is 55.5. The molecule has 0 unspecified atom stereocenters. The molecule has 0 radical (unpaired) electrons. The van der Waals surface area contributed by atoms with Crippen LogP contribution in [0.25, 0.3) is 10.6 Å². The summed E-state index contributed by atoms with van der Waals surface area (Å²) in [6.07, 6.45) is 0.841. The van der Waals surface area contributed by atoms with Crippen LogP contribution in [0.1, 0.15) is 31.3 Å². The number of carbonyl (C=O) groups is 4. The van der Waals surface area contributed by atoms with Crippen molar-refractivity contribution in [2.75, 3.05) is 25.1 Å². The van der Waals surface area contributed by atoms with Crippen molar-refractivity contribution in [1.82, 2.24) is 15.6 Å². The molecule has 0 bridgehead atoms. The molecule has 12 nitrogen and oxygen atoms in total. The highest BCUT2D eigenvalue weighted by atomic mass is 32.1. The molecule has 0 aliphatic heterocycles. The number of nitrogens with one attached hydrogen (secondary N) is 3. The minimum Gasteiger partial charge on any atom is -0.445 e. The number of benzene rings is 3. The molecule has 262 valence electrons. The van der Waals surface area contributed by atoms with Gasteiger partial charge in [-0.3, -0.25) is 19.7 Å². The lowest BCUT2D eigenvalue weighted by molar-refractivity contribution is -0.129. The van der Waals surface area contributed by atoms with Crippen molar-refractivity contribution >= 4 is 59.5 Å². The number of nitrogens with zero attached hydrogens (tertiary/aromatic N) is 1. The van der Waals surface area contributed by atoms with E-state index in [1.165, 1.54) is 17.4 Å². The molecule has 4 aromatic rings. The van der Waals surface area contributed by atoms with Gasteiger partial charge in [0.05, 0.1) is 13.2 Å². The Morgan fingerprint density at radius 3 is 2.06 bits per heavy atom. The summed E-state index contributed by atoms with van der Waals surface area (Å²) in [7, 11) is -3.14. The quantitative estimate of drug-likeness (QED) is 0.0919. The molecule has 3 aromatic carbocycles. The molecule has 4 amide bonds. The zero-order chi connectivity index (χ0) is 36.3. The van der Waals surface area contributed by atoms with Gasteiger partial charge < -0.3 is 30.6 Å². The second kappa shape index (κ2) is 17.0. The van der Waals surface area contributed by atoms with Gasteiger partial charge >= 0.3 is 6.09 Å². The predicted molar refractivity (Wildman–Crippen MR) is 196 cm³/mol. The summed E-state index contributed by atoms with van der Waals surface area (Å²) in [5, 5.41) is 21.0. The molecule has 0 saturated carbocycles. The second-order valence-corrected chi connectivity index (χ2v) is 17.4. The molecule has 0 saturated heterocycles. The molecular formula is C36H41N5O7SSi. The average molecular weight is 716 g/mol. The highest BCUT2D eigenvalue weighted by Gasteiger charge is 2.50. The summed E-state index contributed by atoms with van der Waals surface area (Å²) in [5.74, 6) is -2.35. The average Bonchev–Trinajstić information content (AvgIpc) is 3.60. The lowest BCUT2D eigenvalue weighted by Crippen LogP contribution is -2.68. The molecule has 0 aliphatic rings. The van der Waals surface area contributed by atoms with E-state index in [0.29, 0.717) is 16.3 Å². The van der Waals surface area contributed by atoms with E-state index < -0.39 is 55.9 Å². The minimum atomic E-state index is -3.14. The summed E-state index contributed by atoms with van der Waals surface area (Å²) < 4.78 is 11.9. The van der Waals surface area contributed by atoms with Crippen molar-refractivity contribution in [3.05, 3.63) is 109 Å². The van der Waals surface area contributed by atoms with Crippen molar-refractivity contribution < 1.29 is 33.4 Å². The van der Waals surface area contributed by atoms with E-state index in [9.17, 15) is 24.3 Å². The van der Waals surface area contributed by atoms with Crippen LogP contribution in [0.15, 0.2) is 103 Å². The standard InChI is InChI=1S/C36H41N5O7SSi/c1-5-20-47-35(46)38-25-18-16-24(17-19-25)34-41-30(23-49-34)33(45)40-29(32(44)39-28(21-42)31(37)43)22-48-50(36(2,3)4,26-12-8-6-9-13-26)27-14-10-7-11-15-27/h5-19,23,28-29,42H,1,20-22H2,2-4H3,(H2,37,43)(H,38,46)(H,39,44)(H,40,45)/t28-,29-/m0/s1. The maximum Gasteiger partial charge on any atom is 0.411 e. The van der Waals surface area contributed by atoms with Crippen LogP contribution >= 0.6 is 11.3 Å². The Morgan fingerprint density at radius 1 is 0.940 bits per heavy atom. The summed E-state index contributed by atoms with van der Waals surface area (Å²) in [6, 6.07) is 23.7. The van der Waals surface area contributed by atoms with E-state index in [2.05, 4.69) is 48.3 Å². The fourth-order valence-corrected chi connectivity index (χ4v) is 10.7. The zero-order valence-electron chi connectivity index (χ0n) is 28.1. The second-order valence-electron chi connectivity index (χ2n) is 12.3. The Hall–Kier alpha value is -5.15. The first-order valence-corrected chi connectivity index (χ1v) is 18.6. The number of aliphatic hydroxyl groups excluding tert-OH is 1. The number of hydrogen-bond donors (Lipinski definition) is 5. The highest BCUT2D eigenvalue weighted by molar-refractivity contribution is 7.13. The molecule has 50 heavy (non-hydrogen) atoms. The van der Waals surface area contributed by atoms with Gasteiger partial charge in [0, 0.05) is 16.6 Å². The number of anilines is 1. The van der Waals surface area contributed by atoms with Crippen LogP contribution in [-0.4, -0.2) is 74.1 Å². The van der Waals surface area contributed by atoms with Crippen molar-refractivity contribution in [1.29, 1.82) is 0 Å². The van der Waals surface area contributed by atoms with E-state index in [-0.39, 0.29) is 18.9 Å². The number of amides is 4. The number of ether oxygens (including phenoxy) is 1. The topological polar surface area (TPSA) is 182 Å². The van der Waals surface area contributed by atoms with Crippen molar-refractivity contribution in [3.8, 4) is 10.6 Å². The van der Waals surface area contributed by atoms with Crippen LogP contribution < -0.4 is 32.1 Å². The van der Waals surface area contributed by atoms with Crippen LogP contribution in [0.5, 0.6) is 0 Å². The fourth-order valence-electron chi connectivity index (χ4n) is 5.36. The van der Waals surface area contributed by atoms with Gasteiger partial charge in [-0.25, -0.2) is 9.78 Å². The van der Waals surface area contributed by atoms with Gasteiger partial charge in [-0.15, -0.1) is 11.3 Å². The normalized spacial score (nSPS) is 12.6. The number of primary amides is 1. The van der Waals surface area contributed by atoms with Crippen LogP contribution in [0.2, 0.25) is 5.04 Å². The Bertz CT molecular complexity index is 1740. The summed E-state index contributed by atoms with van der Waals surface area (Å²) >= 11 is 1.22. The van der Waals surface area contributed by atoms with E-state index in [0.717, 1.165) is 10.4 Å².